The zero-order valence-corrected chi connectivity index (χ0v) is 12.4. The van der Waals surface area contributed by atoms with Gasteiger partial charge in [-0.05, 0) is 22.4 Å². The van der Waals surface area contributed by atoms with E-state index in [4.69, 9.17) is 16.7 Å². The monoisotopic (exact) mass is 351 g/mol. The van der Waals surface area contributed by atoms with Gasteiger partial charge in [0.25, 0.3) is 0 Å². The summed E-state index contributed by atoms with van der Waals surface area (Å²) in [6.07, 6.45) is -5.40. The van der Waals surface area contributed by atoms with E-state index in [9.17, 15) is 22.8 Å². The molecule has 2 N–H and O–H groups in total. The summed E-state index contributed by atoms with van der Waals surface area (Å²) in [4.78, 5) is 22.0. The van der Waals surface area contributed by atoms with E-state index in [0.717, 1.165) is 0 Å². The number of carboxylic acids is 1. The van der Waals surface area contributed by atoms with Gasteiger partial charge in [0, 0.05) is 6.42 Å². The lowest BCUT2D eigenvalue weighted by Gasteiger charge is -2.15. The van der Waals surface area contributed by atoms with Gasteiger partial charge in [0.15, 0.2) is 0 Å². The fourth-order valence-electron chi connectivity index (χ4n) is 1.89. The number of hydrogen-bond acceptors (Lipinski definition) is 3. The minimum atomic E-state index is -5.13. The molecule has 1 aromatic heterocycles. The number of carboxylic acid groups (broad SMARTS) is 1. The zero-order chi connectivity index (χ0) is 16.5. The van der Waals surface area contributed by atoms with Crippen LogP contribution in [0, 0.1) is 0 Å². The maximum atomic E-state index is 12.2. The van der Waals surface area contributed by atoms with E-state index in [2.05, 4.69) is 0 Å². The summed E-state index contributed by atoms with van der Waals surface area (Å²) in [7, 11) is 0. The number of amides is 1. The second-order valence-electron chi connectivity index (χ2n) is 4.44. The number of hydrogen-bond donors (Lipinski definition) is 2. The van der Waals surface area contributed by atoms with Gasteiger partial charge in [-0.2, -0.15) is 13.2 Å². The fourth-order valence-corrected chi connectivity index (χ4v) is 3.19. The number of halogens is 4. The molecule has 2 aromatic rings. The summed E-state index contributed by atoms with van der Waals surface area (Å²) < 4.78 is 37.4. The SMILES string of the molecule is O=C(O)[C@H](Cc1csc2c(Cl)cccc12)NC(=O)C(F)(F)F. The maximum Gasteiger partial charge on any atom is 0.471 e. The van der Waals surface area contributed by atoms with E-state index in [1.165, 1.54) is 16.7 Å². The Labute approximate surface area is 131 Å². The maximum absolute atomic E-state index is 12.2. The lowest BCUT2D eigenvalue weighted by molar-refractivity contribution is -0.175. The summed E-state index contributed by atoms with van der Waals surface area (Å²) in [6.45, 7) is 0. The number of alkyl halides is 3. The Bertz CT molecular complexity index is 729. The second-order valence-corrected chi connectivity index (χ2v) is 5.73. The standard InChI is InChI=1S/C13H9ClF3NO3S/c14-8-3-1-2-7-6(5-22-10(7)8)4-9(11(19)20)18-12(21)13(15,16)17/h1-3,5,9H,4H2,(H,18,21)(H,19,20)/t9-/m0/s1. The van der Waals surface area contributed by atoms with Crippen molar-refractivity contribution in [3.63, 3.8) is 0 Å². The number of fused-ring (bicyclic) bond motifs is 1. The van der Waals surface area contributed by atoms with Crippen LogP contribution in [-0.4, -0.2) is 29.2 Å². The van der Waals surface area contributed by atoms with Gasteiger partial charge in [0.05, 0.1) is 9.72 Å². The molecule has 0 bridgehead atoms. The lowest BCUT2D eigenvalue weighted by atomic mass is 10.0. The van der Waals surface area contributed by atoms with Crippen molar-refractivity contribution in [2.75, 3.05) is 0 Å². The Kier molecular flexibility index (Phi) is 4.62. The van der Waals surface area contributed by atoms with Gasteiger partial charge in [-0.3, -0.25) is 4.79 Å². The topological polar surface area (TPSA) is 66.4 Å². The predicted molar refractivity (Wildman–Crippen MR) is 76.2 cm³/mol. The third-order valence-electron chi connectivity index (χ3n) is 2.92. The lowest BCUT2D eigenvalue weighted by Crippen LogP contribution is -2.47. The molecule has 0 unspecified atom stereocenters. The molecule has 0 fully saturated rings. The molecule has 1 amide bonds. The molecule has 118 valence electrons. The van der Waals surface area contributed by atoms with Crippen LogP contribution in [0.25, 0.3) is 10.1 Å². The minimum Gasteiger partial charge on any atom is -0.480 e. The average Bonchev–Trinajstić information content (AvgIpc) is 2.81. The Morgan fingerprint density at radius 3 is 2.64 bits per heavy atom. The van der Waals surface area contributed by atoms with Crippen LogP contribution in [0.15, 0.2) is 23.6 Å². The van der Waals surface area contributed by atoms with Crippen molar-refractivity contribution >= 4 is 44.9 Å². The summed E-state index contributed by atoms with van der Waals surface area (Å²) in [5.74, 6) is -3.82. The molecule has 4 nitrogen and oxygen atoms in total. The zero-order valence-electron chi connectivity index (χ0n) is 10.8. The van der Waals surface area contributed by atoms with Gasteiger partial charge in [0.1, 0.15) is 6.04 Å². The highest BCUT2D eigenvalue weighted by Crippen LogP contribution is 2.32. The van der Waals surface area contributed by atoms with Crippen molar-refractivity contribution < 1.29 is 27.9 Å². The van der Waals surface area contributed by atoms with Crippen LogP contribution < -0.4 is 5.32 Å². The number of rotatable bonds is 4. The van der Waals surface area contributed by atoms with Crippen LogP contribution in [0.4, 0.5) is 13.2 Å². The van der Waals surface area contributed by atoms with Crippen molar-refractivity contribution in [2.45, 2.75) is 18.6 Å². The molecule has 0 aliphatic heterocycles. The molecule has 1 atom stereocenters. The molecule has 22 heavy (non-hydrogen) atoms. The molecule has 0 spiro atoms. The normalized spacial score (nSPS) is 13.1. The van der Waals surface area contributed by atoms with Gasteiger partial charge in [0.2, 0.25) is 0 Å². The van der Waals surface area contributed by atoms with Crippen LogP contribution in [0.1, 0.15) is 5.56 Å². The number of thiophene rings is 1. The Balaban J connectivity index is 2.26. The highest BCUT2D eigenvalue weighted by molar-refractivity contribution is 7.18. The van der Waals surface area contributed by atoms with Crippen LogP contribution in [0.2, 0.25) is 5.02 Å². The van der Waals surface area contributed by atoms with E-state index >= 15 is 0 Å². The van der Waals surface area contributed by atoms with Gasteiger partial charge in [-0.1, -0.05) is 23.7 Å². The van der Waals surface area contributed by atoms with Crippen molar-refractivity contribution in [1.29, 1.82) is 0 Å². The third-order valence-corrected chi connectivity index (χ3v) is 4.42. The van der Waals surface area contributed by atoms with Crippen molar-refractivity contribution in [1.82, 2.24) is 5.32 Å². The van der Waals surface area contributed by atoms with Gasteiger partial charge in [-0.25, -0.2) is 4.79 Å². The first-order valence-electron chi connectivity index (χ1n) is 5.95. The number of carbonyl (C=O) groups is 2. The molecule has 1 heterocycles. The fraction of sp³-hybridized carbons (Fsp3) is 0.231. The molecule has 0 radical (unpaired) electrons. The van der Waals surface area contributed by atoms with Crippen LogP contribution >= 0.6 is 22.9 Å². The third kappa shape index (κ3) is 3.50. The smallest absolute Gasteiger partial charge is 0.471 e. The number of aliphatic carboxylic acids is 1. The highest BCUT2D eigenvalue weighted by Gasteiger charge is 2.40. The van der Waals surface area contributed by atoms with Crippen LogP contribution in [-0.2, 0) is 16.0 Å². The molecule has 2 rings (SSSR count). The van der Waals surface area contributed by atoms with Crippen molar-refractivity contribution in [3.8, 4) is 0 Å². The quantitative estimate of drug-likeness (QED) is 0.888. The van der Waals surface area contributed by atoms with E-state index in [-0.39, 0.29) is 6.42 Å². The summed E-state index contributed by atoms with van der Waals surface area (Å²) in [5, 5.41) is 13.2. The summed E-state index contributed by atoms with van der Waals surface area (Å²) in [5.41, 5.74) is 0.511. The first kappa shape index (κ1) is 16.6. The summed E-state index contributed by atoms with van der Waals surface area (Å²) >= 11 is 7.25. The van der Waals surface area contributed by atoms with E-state index < -0.39 is 24.1 Å². The largest absolute Gasteiger partial charge is 0.480 e. The summed E-state index contributed by atoms with van der Waals surface area (Å²) in [6, 6.07) is 3.33. The van der Waals surface area contributed by atoms with Gasteiger partial charge >= 0.3 is 18.1 Å². The van der Waals surface area contributed by atoms with Crippen molar-refractivity contribution in [2.24, 2.45) is 0 Å². The van der Waals surface area contributed by atoms with E-state index in [1.54, 1.807) is 23.6 Å². The minimum absolute atomic E-state index is 0.266. The molecular formula is C13H9ClF3NO3S. The predicted octanol–water partition coefficient (Wildman–Crippen LogP) is 3.23. The molecule has 0 saturated carbocycles. The molecule has 1 aromatic carbocycles. The van der Waals surface area contributed by atoms with Gasteiger partial charge < -0.3 is 10.4 Å². The molecule has 9 heteroatoms. The molecular weight excluding hydrogens is 343 g/mol. The Hall–Kier alpha value is -1.80. The first-order valence-corrected chi connectivity index (χ1v) is 7.21. The molecule has 0 aliphatic rings. The second kappa shape index (κ2) is 6.13. The average molecular weight is 352 g/mol. The van der Waals surface area contributed by atoms with Crippen LogP contribution in [0.5, 0.6) is 0 Å². The highest BCUT2D eigenvalue weighted by atomic mass is 35.5. The van der Waals surface area contributed by atoms with Gasteiger partial charge in [-0.15, -0.1) is 11.3 Å². The Morgan fingerprint density at radius 1 is 1.36 bits per heavy atom. The number of benzene rings is 1. The van der Waals surface area contributed by atoms with E-state index in [1.807, 2.05) is 0 Å². The number of nitrogens with one attached hydrogen (secondary N) is 1. The van der Waals surface area contributed by atoms with Crippen molar-refractivity contribution in [3.05, 3.63) is 34.2 Å². The first-order chi connectivity index (χ1) is 10.2. The molecule has 0 aliphatic carbocycles. The van der Waals surface area contributed by atoms with E-state index in [0.29, 0.717) is 20.7 Å². The van der Waals surface area contributed by atoms with Crippen LogP contribution in [0.3, 0.4) is 0 Å². The molecule has 0 saturated heterocycles. The Morgan fingerprint density at radius 2 is 2.05 bits per heavy atom. The number of carbonyl (C=O) groups excluding carboxylic acids is 1.